The molecule has 5 nitrogen and oxygen atoms in total. The smallest absolute Gasteiger partial charge is 0.252 e. The molecule has 2 aromatic heterocycles. The Balaban J connectivity index is 2.39. The van der Waals surface area contributed by atoms with E-state index in [4.69, 9.17) is 11.6 Å². The Hall–Kier alpha value is -2.40. The lowest BCUT2D eigenvalue weighted by atomic mass is 10.3. The van der Waals surface area contributed by atoms with E-state index in [0.29, 0.717) is 16.4 Å². The Labute approximate surface area is 112 Å². The van der Waals surface area contributed by atoms with Crippen LogP contribution in [0, 0.1) is 0 Å². The highest BCUT2D eigenvalue weighted by atomic mass is 35.5. The summed E-state index contributed by atoms with van der Waals surface area (Å²) in [6.07, 6.45) is 1.57. The molecule has 3 aromatic rings. The maximum atomic E-state index is 12.3. The van der Waals surface area contributed by atoms with E-state index in [2.05, 4.69) is 4.98 Å². The number of pyridine rings is 1. The van der Waals surface area contributed by atoms with Gasteiger partial charge in [-0.25, -0.2) is 14.2 Å². The Morgan fingerprint density at radius 1 is 1.00 bits per heavy atom. The first-order chi connectivity index (χ1) is 9.16. The van der Waals surface area contributed by atoms with Gasteiger partial charge in [-0.15, -0.1) is 0 Å². The monoisotopic (exact) mass is 273 g/mol. The van der Waals surface area contributed by atoms with E-state index < -0.39 is 11.4 Å². The van der Waals surface area contributed by atoms with Crippen molar-refractivity contribution in [3.63, 3.8) is 0 Å². The summed E-state index contributed by atoms with van der Waals surface area (Å²) in [6.45, 7) is 0. The molecule has 0 bridgehead atoms. The molecule has 0 unspecified atom stereocenters. The Bertz CT molecular complexity index is 865. The molecule has 0 aliphatic carbocycles. The van der Waals surface area contributed by atoms with Gasteiger partial charge in [-0.3, -0.25) is 4.40 Å². The molecule has 0 saturated heterocycles. The van der Waals surface area contributed by atoms with Gasteiger partial charge in [0.15, 0.2) is 0 Å². The van der Waals surface area contributed by atoms with Crippen LogP contribution in [0.25, 0.3) is 11.3 Å². The van der Waals surface area contributed by atoms with Gasteiger partial charge in [0.25, 0.3) is 0 Å². The SMILES string of the molecule is O=c1nc2ccccn2c(=O)n1-c1ccc(Cl)cc1. The van der Waals surface area contributed by atoms with Crippen molar-refractivity contribution in [3.05, 3.63) is 74.7 Å². The number of hydrogen-bond acceptors (Lipinski definition) is 3. The van der Waals surface area contributed by atoms with Crippen molar-refractivity contribution in [2.45, 2.75) is 0 Å². The molecule has 19 heavy (non-hydrogen) atoms. The zero-order valence-corrected chi connectivity index (χ0v) is 10.4. The third kappa shape index (κ3) is 1.94. The molecule has 2 heterocycles. The minimum atomic E-state index is -0.612. The Morgan fingerprint density at radius 2 is 1.74 bits per heavy atom. The highest BCUT2D eigenvalue weighted by molar-refractivity contribution is 6.30. The maximum Gasteiger partial charge on any atom is 0.358 e. The van der Waals surface area contributed by atoms with Crippen molar-refractivity contribution >= 4 is 17.2 Å². The molecule has 94 valence electrons. The van der Waals surface area contributed by atoms with Crippen LogP contribution in [0.2, 0.25) is 5.02 Å². The first-order valence-corrected chi connectivity index (χ1v) is 5.91. The molecule has 0 saturated carbocycles. The van der Waals surface area contributed by atoms with Crippen molar-refractivity contribution in [2.75, 3.05) is 0 Å². The first kappa shape index (κ1) is 11.7. The summed E-state index contributed by atoms with van der Waals surface area (Å²) in [6, 6.07) is 11.4. The molecule has 0 atom stereocenters. The summed E-state index contributed by atoms with van der Waals surface area (Å²) < 4.78 is 2.32. The van der Waals surface area contributed by atoms with E-state index >= 15 is 0 Å². The van der Waals surface area contributed by atoms with E-state index in [-0.39, 0.29) is 0 Å². The molecule has 0 aliphatic heterocycles. The molecular formula is C13H8ClN3O2. The second-order valence-electron chi connectivity index (χ2n) is 3.92. The van der Waals surface area contributed by atoms with E-state index in [1.807, 2.05) is 0 Å². The van der Waals surface area contributed by atoms with Gasteiger partial charge in [0.2, 0.25) is 0 Å². The van der Waals surface area contributed by atoms with Crippen molar-refractivity contribution in [1.82, 2.24) is 14.0 Å². The number of benzene rings is 1. The summed E-state index contributed by atoms with van der Waals surface area (Å²) in [7, 11) is 0. The molecule has 1 aromatic carbocycles. The minimum absolute atomic E-state index is 0.322. The molecule has 0 amide bonds. The standard InChI is InChI=1S/C13H8ClN3O2/c14-9-4-6-10(7-5-9)17-12(18)15-11-3-1-2-8-16(11)13(17)19/h1-8H. The van der Waals surface area contributed by atoms with Crippen LogP contribution in [0.15, 0.2) is 58.3 Å². The lowest BCUT2D eigenvalue weighted by Crippen LogP contribution is -2.37. The van der Waals surface area contributed by atoms with Crippen LogP contribution in [0.3, 0.4) is 0 Å². The first-order valence-electron chi connectivity index (χ1n) is 5.53. The molecule has 0 aliphatic rings. The van der Waals surface area contributed by atoms with Crippen LogP contribution < -0.4 is 11.4 Å². The predicted molar refractivity (Wildman–Crippen MR) is 72.1 cm³/mol. The molecule has 3 rings (SSSR count). The number of rotatable bonds is 1. The second kappa shape index (κ2) is 4.37. The average Bonchev–Trinajstić information content (AvgIpc) is 2.41. The average molecular weight is 274 g/mol. The topological polar surface area (TPSA) is 56.4 Å². The van der Waals surface area contributed by atoms with Gasteiger partial charge < -0.3 is 0 Å². The van der Waals surface area contributed by atoms with Gasteiger partial charge in [-0.2, -0.15) is 4.98 Å². The molecular weight excluding hydrogens is 266 g/mol. The molecule has 6 heteroatoms. The van der Waals surface area contributed by atoms with Crippen LogP contribution in [0.4, 0.5) is 0 Å². The number of fused-ring (bicyclic) bond motifs is 1. The highest BCUT2D eigenvalue weighted by Gasteiger charge is 2.08. The Kier molecular flexibility index (Phi) is 2.68. The number of hydrogen-bond donors (Lipinski definition) is 0. The summed E-state index contributed by atoms with van der Waals surface area (Å²) in [5.41, 5.74) is -0.315. The fraction of sp³-hybridized carbons (Fsp3) is 0. The van der Waals surface area contributed by atoms with E-state index in [9.17, 15) is 9.59 Å². The second-order valence-corrected chi connectivity index (χ2v) is 4.35. The van der Waals surface area contributed by atoms with Crippen LogP contribution in [-0.4, -0.2) is 14.0 Å². The normalized spacial score (nSPS) is 10.8. The Morgan fingerprint density at radius 3 is 2.47 bits per heavy atom. The van der Waals surface area contributed by atoms with Gasteiger partial charge in [0, 0.05) is 11.2 Å². The summed E-state index contributed by atoms with van der Waals surface area (Å²) in [5.74, 6) is 0. The van der Waals surface area contributed by atoms with Crippen LogP contribution in [0.5, 0.6) is 0 Å². The van der Waals surface area contributed by atoms with E-state index in [1.165, 1.54) is 4.40 Å². The molecule has 0 fully saturated rings. The van der Waals surface area contributed by atoms with Gasteiger partial charge in [-0.05, 0) is 36.4 Å². The van der Waals surface area contributed by atoms with Crippen molar-refractivity contribution < 1.29 is 0 Å². The number of aromatic nitrogens is 3. The lowest BCUT2D eigenvalue weighted by molar-refractivity contribution is 0.794. The van der Waals surface area contributed by atoms with Crippen LogP contribution in [-0.2, 0) is 0 Å². The zero-order chi connectivity index (χ0) is 13.4. The number of nitrogens with zero attached hydrogens (tertiary/aromatic N) is 3. The summed E-state index contributed by atoms with van der Waals surface area (Å²) >= 11 is 5.79. The zero-order valence-electron chi connectivity index (χ0n) is 9.65. The lowest BCUT2D eigenvalue weighted by Gasteiger charge is -2.06. The third-order valence-corrected chi connectivity index (χ3v) is 2.97. The number of halogens is 1. The van der Waals surface area contributed by atoms with Gasteiger partial charge in [0.05, 0.1) is 5.69 Å². The largest absolute Gasteiger partial charge is 0.358 e. The van der Waals surface area contributed by atoms with Crippen molar-refractivity contribution in [1.29, 1.82) is 0 Å². The minimum Gasteiger partial charge on any atom is -0.252 e. The highest BCUT2D eigenvalue weighted by Crippen LogP contribution is 2.10. The fourth-order valence-electron chi connectivity index (χ4n) is 1.84. The summed E-state index contributed by atoms with van der Waals surface area (Å²) in [5, 5.41) is 0.533. The van der Waals surface area contributed by atoms with Crippen LogP contribution in [0.1, 0.15) is 0 Å². The van der Waals surface area contributed by atoms with Crippen LogP contribution >= 0.6 is 11.6 Å². The van der Waals surface area contributed by atoms with Gasteiger partial charge >= 0.3 is 11.4 Å². The van der Waals surface area contributed by atoms with Gasteiger partial charge in [-0.1, -0.05) is 17.7 Å². The third-order valence-electron chi connectivity index (χ3n) is 2.72. The van der Waals surface area contributed by atoms with Crippen molar-refractivity contribution in [3.8, 4) is 5.69 Å². The maximum absolute atomic E-state index is 12.3. The quantitative estimate of drug-likeness (QED) is 0.675. The molecule has 0 spiro atoms. The van der Waals surface area contributed by atoms with Crippen molar-refractivity contribution in [2.24, 2.45) is 0 Å². The van der Waals surface area contributed by atoms with E-state index in [1.54, 1.807) is 48.7 Å². The predicted octanol–water partition coefficient (Wildman–Crippen LogP) is 1.50. The molecule has 0 N–H and O–H groups in total. The van der Waals surface area contributed by atoms with E-state index in [0.717, 1.165) is 4.57 Å². The van der Waals surface area contributed by atoms with Gasteiger partial charge in [0.1, 0.15) is 5.65 Å². The fourth-order valence-corrected chi connectivity index (χ4v) is 1.96. The molecule has 0 radical (unpaired) electrons. The summed E-state index contributed by atoms with van der Waals surface area (Å²) in [4.78, 5) is 28.1.